The lowest BCUT2D eigenvalue weighted by molar-refractivity contribution is -0.0365. The molecule has 1 saturated carbocycles. The topological polar surface area (TPSA) is 74.2 Å². The zero-order valence-corrected chi connectivity index (χ0v) is 12.9. The van der Waals surface area contributed by atoms with Gasteiger partial charge < -0.3 is 15.0 Å². The molecule has 0 aliphatic heterocycles. The summed E-state index contributed by atoms with van der Waals surface area (Å²) < 4.78 is 11.3. The second-order valence-electron chi connectivity index (χ2n) is 5.90. The second-order valence-corrected chi connectivity index (χ2v) is 5.90. The first-order valence-corrected chi connectivity index (χ1v) is 7.79. The number of nitrogens with two attached hydrogens (primary N) is 1. The van der Waals surface area contributed by atoms with Gasteiger partial charge in [0.2, 0.25) is 11.7 Å². The Balaban J connectivity index is 2.30. The SMILES string of the molecule is CCC(N)(CC)c1nc(C2(OC)CCCCCC2)no1. The van der Waals surface area contributed by atoms with E-state index >= 15 is 0 Å². The van der Waals surface area contributed by atoms with Crippen molar-refractivity contribution in [2.24, 2.45) is 5.73 Å². The number of nitrogens with zero attached hydrogens (tertiary/aromatic N) is 2. The van der Waals surface area contributed by atoms with Crippen LogP contribution in [0.4, 0.5) is 0 Å². The molecule has 0 amide bonds. The van der Waals surface area contributed by atoms with Crippen LogP contribution in [0.15, 0.2) is 4.52 Å². The van der Waals surface area contributed by atoms with Crippen LogP contribution >= 0.6 is 0 Å². The molecule has 0 radical (unpaired) electrons. The van der Waals surface area contributed by atoms with Crippen molar-refractivity contribution in [3.8, 4) is 0 Å². The molecule has 0 saturated heterocycles. The molecule has 0 atom stereocenters. The lowest BCUT2D eigenvalue weighted by Gasteiger charge is -2.27. The molecule has 0 bridgehead atoms. The summed E-state index contributed by atoms with van der Waals surface area (Å²) in [5, 5.41) is 4.20. The lowest BCUT2D eigenvalue weighted by Crippen LogP contribution is -2.36. The number of aromatic nitrogens is 2. The summed E-state index contributed by atoms with van der Waals surface area (Å²) in [5.41, 5.74) is 5.43. The Hall–Kier alpha value is -0.940. The lowest BCUT2D eigenvalue weighted by atomic mass is 9.92. The summed E-state index contributed by atoms with van der Waals surface area (Å²) in [7, 11) is 1.75. The van der Waals surface area contributed by atoms with Crippen LogP contribution in [-0.2, 0) is 15.9 Å². The van der Waals surface area contributed by atoms with Crippen LogP contribution in [0, 0.1) is 0 Å². The number of rotatable bonds is 5. The summed E-state index contributed by atoms with van der Waals surface area (Å²) in [6.07, 6.45) is 8.27. The van der Waals surface area contributed by atoms with Crippen LogP contribution in [0.2, 0.25) is 0 Å². The summed E-state index contributed by atoms with van der Waals surface area (Å²) in [6.45, 7) is 4.09. The van der Waals surface area contributed by atoms with Crippen LogP contribution in [0.3, 0.4) is 0 Å². The van der Waals surface area contributed by atoms with Crippen molar-refractivity contribution in [1.82, 2.24) is 10.1 Å². The Morgan fingerprint density at radius 3 is 2.30 bits per heavy atom. The molecular weight excluding hydrogens is 254 g/mol. The molecule has 5 heteroatoms. The van der Waals surface area contributed by atoms with E-state index in [1.54, 1.807) is 7.11 Å². The zero-order valence-electron chi connectivity index (χ0n) is 12.9. The molecule has 5 nitrogen and oxygen atoms in total. The predicted octanol–water partition coefficient (Wildman–Crippen LogP) is 3.24. The first kappa shape index (κ1) is 15.4. The summed E-state index contributed by atoms with van der Waals surface area (Å²) in [4.78, 5) is 4.60. The van der Waals surface area contributed by atoms with Gasteiger partial charge in [-0.2, -0.15) is 4.98 Å². The van der Waals surface area contributed by atoms with E-state index in [0.29, 0.717) is 11.7 Å². The van der Waals surface area contributed by atoms with E-state index in [1.807, 2.05) is 13.8 Å². The van der Waals surface area contributed by atoms with Gasteiger partial charge in [0.1, 0.15) is 5.60 Å². The van der Waals surface area contributed by atoms with Crippen molar-refractivity contribution in [2.45, 2.75) is 76.4 Å². The third kappa shape index (κ3) is 2.74. The standard InChI is InChI=1S/C15H27N3O2/c1-4-14(16,5-2)13-17-12(18-20-13)15(19-3)10-8-6-7-9-11-15/h4-11,16H2,1-3H3. The van der Waals surface area contributed by atoms with Gasteiger partial charge in [0.15, 0.2) is 0 Å². The summed E-state index contributed by atoms with van der Waals surface area (Å²) in [6, 6.07) is 0. The normalized spacial score (nSPS) is 19.8. The van der Waals surface area contributed by atoms with Gasteiger partial charge in [0.05, 0.1) is 5.54 Å². The van der Waals surface area contributed by atoms with Gasteiger partial charge in [0.25, 0.3) is 0 Å². The fraction of sp³-hybridized carbons (Fsp3) is 0.867. The van der Waals surface area contributed by atoms with Gasteiger partial charge in [-0.25, -0.2) is 0 Å². The van der Waals surface area contributed by atoms with Gasteiger partial charge in [-0.15, -0.1) is 0 Å². The van der Waals surface area contributed by atoms with Gasteiger partial charge in [-0.1, -0.05) is 44.7 Å². The Morgan fingerprint density at radius 1 is 1.20 bits per heavy atom. The fourth-order valence-corrected chi connectivity index (χ4v) is 2.98. The van der Waals surface area contributed by atoms with E-state index in [0.717, 1.165) is 38.5 Å². The zero-order chi connectivity index (χ0) is 14.6. The maximum absolute atomic E-state index is 6.34. The van der Waals surface area contributed by atoms with Crippen LogP contribution in [0.25, 0.3) is 0 Å². The molecule has 1 heterocycles. The minimum atomic E-state index is -0.523. The highest BCUT2D eigenvalue weighted by Crippen LogP contribution is 2.38. The van der Waals surface area contributed by atoms with Crippen molar-refractivity contribution >= 4 is 0 Å². The van der Waals surface area contributed by atoms with E-state index in [2.05, 4.69) is 10.1 Å². The van der Waals surface area contributed by atoms with Crippen LogP contribution in [-0.4, -0.2) is 17.3 Å². The molecule has 1 aliphatic rings. The van der Waals surface area contributed by atoms with Gasteiger partial charge in [0, 0.05) is 7.11 Å². The Bertz CT molecular complexity index is 419. The van der Waals surface area contributed by atoms with Gasteiger partial charge in [-0.3, -0.25) is 0 Å². The number of methoxy groups -OCH3 is 1. The minimum absolute atomic E-state index is 0.388. The Kier molecular flexibility index (Phi) is 4.81. The van der Waals surface area contributed by atoms with E-state index in [1.165, 1.54) is 12.8 Å². The smallest absolute Gasteiger partial charge is 0.246 e. The highest BCUT2D eigenvalue weighted by Gasteiger charge is 2.39. The predicted molar refractivity (Wildman–Crippen MR) is 77.1 cm³/mol. The van der Waals surface area contributed by atoms with E-state index in [4.69, 9.17) is 15.0 Å². The molecule has 2 N–H and O–H groups in total. The maximum Gasteiger partial charge on any atom is 0.246 e. The largest absolute Gasteiger partial charge is 0.370 e. The quantitative estimate of drug-likeness (QED) is 0.839. The van der Waals surface area contributed by atoms with E-state index in [-0.39, 0.29) is 5.60 Å². The van der Waals surface area contributed by atoms with Gasteiger partial charge in [-0.05, 0) is 25.7 Å². The molecule has 1 fully saturated rings. The molecule has 1 aromatic heterocycles. The van der Waals surface area contributed by atoms with Gasteiger partial charge >= 0.3 is 0 Å². The Morgan fingerprint density at radius 2 is 1.80 bits per heavy atom. The molecule has 2 rings (SSSR count). The van der Waals surface area contributed by atoms with Crippen molar-refractivity contribution in [2.75, 3.05) is 7.11 Å². The molecule has 114 valence electrons. The fourth-order valence-electron chi connectivity index (χ4n) is 2.98. The molecular formula is C15H27N3O2. The highest BCUT2D eigenvalue weighted by molar-refractivity contribution is 5.07. The maximum atomic E-state index is 6.34. The highest BCUT2D eigenvalue weighted by atomic mass is 16.5. The van der Waals surface area contributed by atoms with Crippen molar-refractivity contribution < 1.29 is 9.26 Å². The van der Waals surface area contributed by atoms with E-state index in [9.17, 15) is 0 Å². The monoisotopic (exact) mass is 281 g/mol. The molecule has 0 unspecified atom stereocenters. The minimum Gasteiger partial charge on any atom is -0.370 e. The van der Waals surface area contributed by atoms with Crippen LogP contribution in [0.5, 0.6) is 0 Å². The number of ether oxygens (including phenoxy) is 1. The molecule has 1 aromatic rings. The van der Waals surface area contributed by atoms with Crippen molar-refractivity contribution in [3.05, 3.63) is 11.7 Å². The average Bonchev–Trinajstić information content (AvgIpc) is 2.87. The van der Waals surface area contributed by atoms with E-state index < -0.39 is 5.54 Å². The van der Waals surface area contributed by atoms with Crippen LogP contribution < -0.4 is 5.73 Å². The first-order valence-electron chi connectivity index (χ1n) is 7.79. The Labute approximate surface area is 121 Å². The average molecular weight is 281 g/mol. The van der Waals surface area contributed by atoms with Crippen molar-refractivity contribution in [1.29, 1.82) is 0 Å². The summed E-state index contributed by atoms with van der Waals surface area (Å²) in [5.74, 6) is 1.21. The molecule has 20 heavy (non-hydrogen) atoms. The first-order chi connectivity index (χ1) is 9.60. The molecule has 1 aliphatic carbocycles. The third-order valence-corrected chi connectivity index (χ3v) is 4.82. The molecule has 0 spiro atoms. The second kappa shape index (κ2) is 6.22. The van der Waals surface area contributed by atoms with Crippen LogP contribution in [0.1, 0.15) is 76.9 Å². The summed E-state index contributed by atoms with van der Waals surface area (Å²) >= 11 is 0. The number of hydrogen-bond acceptors (Lipinski definition) is 5. The third-order valence-electron chi connectivity index (χ3n) is 4.82. The number of hydrogen-bond donors (Lipinski definition) is 1. The molecule has 0 aromatic carbocycles. The van der Waals surface area contributed by atoms with Crippen molar-refractivity contribution in [3.63, 3.8) is 0 Å².